The molecule has 6 nitrogen and oxygen atoms in total. The number of benzene rings is 2. The second kappa shape index (κ2) is 9.60. The molecule has 6 heteroatoms. The van der Waals surface area contributed by atoms with Gasteiger partial charge >= 0.3 is 0 Å². The number of carbonyl (C=O) groups is 1. The average molecular weight is 425 g/mol. The number of nitrogens with one attached hydrogen (secondary N) is 1. The molecule has 0 bridgehead atoms. The van der Waals surface area contributed by atoms with E-state index in [1.165, 1.54) is 5.69 Å². The van der Waals surface area contributed by atoms with E-state index in [0.717, 1.165) is 43.0 Å². The molecule has 1 N–H and O–H groups in total. The van der Waals surface area contributed by atoms with Crippen LogP contribution in [0.1, 0.15) is 38.3 Å². The largest absolute Gasteiger partial charge is 0.494 e. The maximum Gasteiger partial charge on any atom is 0.223 e. The van der Waals surface area contributed by atoms with Crippen molar-refractivity contribution in [3.05, 3.63) is 54.1 Å². The van der Waals surface area contributed by atoms with Gasteiger partial charge in [0.15, 0.2) is 0 Å². The van der Waals surface area contributed by atoms with Crippen molar-refractivity contribution in [2.75, 3.05) is 31.7 Å². The minimum absolute atomic E-state index is 0.0259. The molecular formula is C25H32N2O4. The van der Waals surface area contributed by atoms with Crippen molar-refractivity contribution in [3.8, 4) is 11.5 Å². The van der Waals surface area contributed by atoms with Gasteiger partial charge in [-0.3, -0.25) is 4.79 Å². The third kappa shape index (κ3) is 5.13. The number of rotatable bonds is 9. The van der Waals surface area contributed by atoms with Crippen LogP contribution in [0.5, 0.6) is 11.5 Å². The Bertz CT molecular complexity index is 856. The van der Waals surface area contributed by atoms with Crippen molar-refractivity contribution < 1.29 is 19.0 Å². The Morgan fingerprint density at radius 1 is 1.03 bits per heavy atom. The molecule has 4 rings (SSSR count). The fourth-order valence-electron chi connectivity index (χ4n) is 4.06. The molecule has 1 saturated heterocycles. The molecule has 2 aliphatic rings. The molecule has 166 valence electrons. The maximum absolute atomic E-state index is 12.3. The number of methoxy groups -OCH3 is 1. The van der Waals surface area contributed by atoms with Crippen molar-refractivity contribution in [1.82, 2.24) is 5.32 Å². The van der Waals surface area contributed by atoms with Gasteiger partial charge in [-0.25, -0.2) is 0 Å². The summed E-state index contributed by atoms with van der Waals surface area (Å²) in [5, 5.41) is 3.11. The summed E-state index contributed by atoms with van der Waals surface area (Å²) in [6, 6.07) is 16.2. The second-order valence-electron chi connectivity index (χ2n) is 8.40. The molecule has 1 saturated carbocycles. The molecule has 2 aromatic carbocycles. The van der Waals surface area contributed by atoms with Gasteiger partial charge in [-0.05, 0) is 68.7 Å². The molecule has 2 fully saturated rings. The van der Waals surface area contributed by atoms with Crippen molar-refractivity contribution in [3.63, 3.8) is 0 Å². The summed E-state index contributed by atoms with van der Waals surface area (Å²) in [6.07, 6.45) is 2.05. The summed E-state index contributed by atoms with van der Waals surface area (Å²) in [7, 11) is 1.70. The molecule has 0 radical (unpaired) electrons. The predicted molar refractivity (Wildman–Crippen MR) is 121 cm³/mol. The zero-order chi connectivity index (χ0) is 21.8. The van der Waals surface area contributed by atoms with Gasteiger partial charge in [0.1, 0.15) is 17.6 Å². The molecule has 1 aliphatic heterocycles. The monoisotopic (exact) mass is 424 g/mol. The summed E-state index contributed by atoms with van der Waals surface area (Å²) < 4.78 is 16.9. The number of hydrogen-bond acceptors (Lipinski definition) is 5. The highest BCUT2D eigenvalue weighted by Gasteiger charge is 2.35. The lowest BCUT2D eigenvalue weighted by Gasteiger charge is -2.40. The van der Waals surface area contributed by atoms with Gasteiger partial charge in [-0.2, -0.15) is 0 Å². The Labute approximate surface area is 184 Å². The van der Waals surface area contributed by atoms with E-state index in [4.69, 9.17) is 14.2 Å². The summed E-state index contributed by atoms with van der Waals surface area (Å²) in [4.78, 5) is 14.6. The van der Waals surface area contributed by atoms with Crippen LogP contribution in [-0.4, -0.2) is 44.9 Å². The van der Waals surface area contributed by atoms with Crippen LogP contribution in [0.25, 0.3) is 0 Å². The van der Waals surface area contributed by atoms with Crippen LogP contribution in [0.4, 0.5) is 5.69 Å². The Morgan fingerprint density at radius 2 is 1.68 bits per heavy atom. The molecule has 1 aliphatic carbocycles. The first-order valence-corrected chi connectivity index (χ1v) is 11.1. The van der Waals surface area contributed by atoms with Crippen molar-refractivity contribution >= 4 is 11.6 Å². The molecular weight excluding hydrogens is 392 g/mol. The first-order valence-electron chi connectivity index (χ1n) is 11.1. The standard InChI is InChI=1S/C25H32N2O4/c1-4-30-21-11-7-20(8-12-21)27-15-24(16-27)31-22-9-5-18(6-10-22)17(2)26-25(28)19-13-23(14-19)29-3/h5-12,17,19,23-24H,4,13-16H2,1-3H3,(H,26,28). The topological polar surface area (TPSA) is 60.0 Å². The van der Waals surface area contributed by atoms with Gasteiger partial charge in [0.2, 0.25) is 5.91 Å². The van der Waals surface area contributed by atoms with E-state index in [1.807, 2.05) is 50.2 Å². The van der Waals surface area contributed by atoms with Crippen molar-refractivity contribution in [2.45, 2.75) is 44.9 Å². The van der Waals surface area contributed by atoms with E-state index in [2.05, 4.69) is 22.3 Å². The normalized spacial score (nSPS) is 21.6. The molecule has 0 spiro atoms. The third-order valence-corrected chi connectivity index (χ3v) is 6.20. The Balaban J connectivity index is 1.21. The zero-order valence-electron chi connectivity index (χ0n) is 18.5. The summed E-state index contributed by atoms with van der Waals surface area (Å²) in [5.41, 5.74) is 2.26. The first kappa shape index (κ1) is 21.5. The van der Waals surface area contributed by atoms with Gasteiger partial charge < -0.3 is 24.4 Å². The fourth-order valence-corrected chi connectivity index (χ4v) is 4.06. The Hall–Kier alpha value is -2.73. The molecule has 2 aromatic rings. The zero-order valence-corrected chi connectivity index (χ0v) is 18.5. The van der Waals surface area contributed by atoms with E-state index in [-0.39, 0.29) is 30.1 Å². The minimum atomic E-state index is -0.0259. The lowest BCUT2D eigenvalue weighted by atomic mass is 9.81. The van der Waals surface area contributed by atoms with Gasteiger partial charge in [0.25, 0.3) is 0 Å². The van der Waals surface area contributed by atoms with Crippen LogP contribution < -0.4 is 19.7 Å². The van der Waals surface area contributed by atoms with E-state index in [0.29, 0.717) is 6.61 Å². The maximum atomic E-state index is 12.3. The lowest BCUT2D eigenvalue weighted by Crippen LogP contribution is -2.54. The number of amides is 1. The highest BCUT2D eigenvalue weighted by atomic mass is 16.5. The van der Waals surface area contributed by atoms with E-state index in [1.54, 1.807) is 7.11 Å². The van der Waals surface area contributed by atoms with Crippen LogP contribution in [-0.2, 0) is 9.53 Å². The van der Waals surface area contributed by atoms with Gasteiger partial charge in [0.05, 0.1) is 31.8 Å². The molecule has 0 aromatic heterocycles. The molecule has 1 amide bonds. The molecule has 1 atom stereocenters. The lowest BCUT2D eigenvalue weighted by molar-refractivity contribution is -0.133. The number of hydrogen-bond donors (Lipinski definition) is 1. The van der Waals surface area contributed by atoms with Gasteiger partial charge in [-0.15, -0.1) is 0 Å². The van der Waals surface area contributed by atoms with Crippen LogP contribution >= 0.6 is 0 Å². The van der Waals surface area contributed by atoms with Crippen molar-refractivity contribution in [1.29, 1.82) is 0 Å². The van der Waals surface area contributed by atoms with Gasteiger partial charge in [-0.1, -0.05) is 12.1 Å². The molecule has 1 unspecified atom stereocenters. The van der Waals surface area contributed by atoms with Crippen LogP contribution in [0.3, 0.4) is 0 Å². The number of nitrogens with zero attached hydrogens (tertiary/aromatic N) is 1. The van der Waals surface area contributed by atoms with Gasteiger partial charge in [0, 0.05) is 18.7 Å². The first-order chi connectivity index (χ1) is 15.1. The van der Waals surface area contributed by atoms with E-state index < -0.39 is 0 Å². The number of ether oxygens (including phenoxy) is 3. The quantitative estimate of drug-likeness (QED) is 0.660. The average Bonchev–Trinajstić information content (AvgIpc) is 2.71. The number of anilines is 1. The molecule has 31 heavy (non-hydrogen) atoms. The van der Waals surface area contributed by atoms with Crippen molar-refractivity contribution in [2.24, 2.45) is 5.92 Å². The second-order valence-corrected chi connectivity index (χ2v) is 8.40. The summed E-state index contributed by atoms with van der Waals surface area (Å²) in [5.74, 6) is 1.95. The summed E-state index contributed by atoms with van der Waals surface area (Å²) in [6.45, 7) is 6.41. The van der Waals surface area contributed by atoms with E-state index in [9.17, 15) is 4.79 Å². The van der Waals surface area contributed by atoms with E-state index >= 15 is 0 Å². The van der Waals surface area contributed by atoms with Crippen LogP contribution in [0.2, 0.25) is 0 Å². The highest BCUT2D eigenvalue weighted by molar-refractivity contribution is 5.80. The molecule has 1 heterocycles. The minimum Gasteiger partial charge on any atom is -0.494 e. The third-order valence-electron chi connectivity index (χ3n) is 6.20. The van der Waals surface area contributed by atoms with Crippen LogP contribution in [0, 0.1) is 5.92 Å². The Kier molecular flexibility index (Phi) is 6.66. The predicted octanol–water partition coefficient (Wildman–Crippen LogP) is 3.96. The Morgan fingerprint density at radius 3 is 2.29 bits per heavy atom. The fraction of sp³-hybridized carbons (Fsp3) is 0.480. The highest BCUT2D eigenvalue weighted by Crippen LogP contribution is 2.31. The van der Waals surface area contributed by atoms with Crippen LogP contribution in [0.15, 0.2) is 48.5 Å². The smallest absolute Gasteiger partial charge is 0.223 e. The SMILES string of the molecule is CCOc1ccc(N2CC(Oc3ccc(C(C)NC(=O)C4CC(OC)C4)cc3)C2)cc1. The number of carbonyl (C=O) groups excluding carboxylic acids is 1. The summed E-state index contributed by atoms with van der Waals surface area (Å²) >= 11 is 0.